The zero-order valence-corrected chi connectivity index (χ0v) is 16.8. The van der Waals surface area contributed by atoms with E-state index in [0.717, 1.165) is 17.0 Å². The lowest BCUT2D eigenvalue weighted by Gasteiger charge is -2.31. The smallest absolute Gasteiger partial charge is 0.253 e. The first-order valence-corrected chi connectivity index (χ1v) is 9.86. The van der Waals surface area contributed by atoms with Gasteiger partial charge in [0.25, 0.3) is 5.91 Å². The van der Waals surface area contributed by atoms with Crippen LogP contribution in [0.3, 0.4) is 0 Å². The zero-order chi connectivity index (χ0) is 20.1. The molecular formula is C23H28N2O3. The molecule has 2 aromatic carbocycles. The van der Waals surface area contributed by atoms with Gasteiger partial charge in [-0.15, -0.1) is 0 Å². The standard InChI is InChI=1S/C23H28N2O3/c1-16(2)28-21-10-8-20(9-11-21)24-22(26)18-12-14-25(15-13-18)23(27)19-6-4-17(3)5-7-19/h4-11,16,18H,12-15H2,1-3H3,(H,24,26). The van der Waals surface area contributed by atoms with Gasteiger partial charge in [-0.1, -0.05) is 17.7 Å². The van der Waals surface area contributed by atoms with Gasteiger partial charge < -0.3 is 15.0 Å². The van der Waals surface area contributed by atoms with Crippen LogP contribution in [0.25, 0.3) is 0 Å². The molecule has 2 amide bonds. The lowest BCUT2D eigenvalue weighted by atomic mass is 9.95. The molecule has 0 aromatic heterocycles. The number of benzene rings is 2. The van der Waals surface area contributed by atoms with Crippen LogP contribution in [-0.4, -0.2) is 35.9 Å². The van der Waals surface area contributed by atoms with E-state index in [9.17, 15) is 9.59 Å². The molecule has 3 rings (SSSR count). The van der Waals surface area contributed by atoms with Gasteiger partial charge in [-0.05, 0) is 70.0 Å². The number of ether oxygens (including phenoxy) is 1. The zero-order valence-electron chi connectivity index (χ0n) is 16.8. The number of nitrogens with one attached hydrogen (secondary N) is 1. The maximum atomic E-state index is 12.6. The molecule has 28 heavy (non-hydrogen) atoms. The first-order valence-electron chi connectivity index (χ1n) is 9.86. The summed E-state index contributed by atoms with van der Waals surface area (Å²) in [6.45, 7) is 7.17. The van der Waals surface area contributed by atoms with E-state index < -0.39 is 0 Å². The number of rotatable bonds is 5. The highest BCUT2D eigenvalue weighted by atomic mass is 16.5. The largest absolute Gasteiger partial charge is 0.491 e. The van der Waals surface area contributed by atoms with Gasteiger partial charge in [0.2, 0.25) is 5.91 Å². The van der Waals surface area contributed by atoms with Crippen molar-refractivity contribution in [3.8, 4) is 5.75 Å². The highest BCUT2D eigenvalue weighted by Crippen LogP contribution is 2.22. The molecule has 2 aromatic rings. The molecule has 1 saturated heterocycles. The van der Waals surface area contributed by atoms with E-state index in [-0.39, 0.29) is 23.8 Å². The molecule has 148 valence electrons. The molecule has 5 nitrogen and oxygen atoms in total. The summed E-state index contributed by atoms with van der Waals surface area (Å²) in [4.78, 5) is 27.0. The summed E-state index contributed by atoms with van der Waals surface area (Å²) in [7, 11) is 0. The van der Waals surface area contributed by atoms with Crippen molar-refractivity contribution < 1.29 is 14.3 Å². The Bertz CT molecular complexity index is 805. The molecule has 0 atom stereocenters. The number of hydrogen-bond donors (Lipinski definition) is 1. The van der Waals surface area contributed by atoms with Crippen LogP contribution in [0.4, 0.5) is 5.69 Å². The molecule has 1 heterocycles. The molecule has 0 saturated carbocycles. The average molecular weight is 380 g/mol. The summed E-state index contributed by atoms with van der Waals surface area (Å²) in [5.41, 5.74) is 2.60. The number of carbonyl (C=O) groups excluding carboxylic acids is 2. The van der Waals surface area contributed by atoms with Gasteiger partial charge in [0.05, 0.1) is 6.10 Å². The predicted octanol–water partition coefficient (Wildman–Crippen LogP) is 4.27. The molecule has 0 unspecified atom stereocenters. The van der Waals surface area contributed by atoms with E-state index in [1.165, 1.54) is 0 Å². The average Bonchev–Trinajstić information content (AvgIpc) is 2.69. The summed E-state index contributed by atoms with van der Waals surface area (Å²) in [6.07, 6.45) is 1.48. The van der Waals surface area contributed by atoms with Crippen LogP contribution in [0.5, 0.6) is 5.75 Å². The second-order valence-electron chi connectivity index (χ2n) is 7.61. The van der Waals surface area contributed by atoms with Crippen LogP contribution in [0, 0.1) is 12.8 Å². The summed E-state index contributed by atoms with van der Waals surface area (Å²) in [5, 5.41) is 2.98. The van der Waals surface area contributed by atoms with Crippen LogP contribution >= 0.6 is 0 Å². The lowest BCUT2D eigenvalue weighted by molar-refractivity contribution is -0.121. The van der Waals surface area contributed by atoms with Gasteiger partial charge in [-0.2, -0.15) is 0 Å². The van der Waals surface area contributed by atoms with Gasteiger partial charge >= 0.3 is 0 Å². The minimum atomic E-state index is -0.0753. The van der Waals surface area contributed by atoms with E-state index >= 15 is 0 Å². The van der Waals surface area contributed by atoms with E-state index in [2.05, 4.69) is 5.32 Å². The second-order valence-corrected chi connectivity index (χ2v) is 7.61. The first kappa shape index (κ1) is 19.9. The third-order valence-electron chi connectivity index (χ3n) is 4.95. The molecule has 0 spiro atoms. The minimum absolute atomic E-state index is 0.0139. The van der Waals surface area contributed by atoms with Gasteiger partial charge in [0.1, 0.15) is 5.75 Å². The molecule has 5 heteroatoms. The van der Waals surface area contributed by atoms with Crippen molar-refractivity contribution in [2.24, 2.45) is 5.92 Å². The van der Waals surface area contributed by atoms with Crippen molar-refractivity contribution in [1.29, 1.82) is 0 Å². The lowest BCUT2D eigenvalue weighted by Crippen LogP contribution is -2.41. The number of hydrogen-bond acceptors (Lipinski definition) is 3. The van der Waals surface area contributed by atoms with E-state index in [0.29, 0.717) is 31.5 Å². The number of anilines is 1. The Balaban J connectivity index is 1.50. The Morgan fingerprint density at radius 1 is 1.00 bits per heavy atom. The number of nitrogens with zero attached hydrogens (tertiary/aromatic N) is 1. The van der Waals surface area contributed by atoms with Crippen LogP contribution in [0.2, 0.25) is 0 Å². The summed E-state index contributed by atoms with van der Waals surface area (Å²) in [6, 6.07) is 15.1. The Labute approximate surface area is 166 Å². The number of carbonyl (C=O) groups is 2. The topological polar surface area (TPSA) is 58.6 Å². The molecular weight excluding hydrogens is 352 g/mol. The Kier molecular flexibility index (Phi) is 6.34. The Morgan fingerprint density at radius 3 is 2.18 bits per heavy atom. The highest BCUT2D eigenvalue weighted by Gasteiger charge is 2.27. The van der Waals surface area contributed by atoms with Crippen molar-refractivity contribution in [2.75, 3.05) is 18.4 Å². The first-order chi connectivity index (χ1) is 13.4. The third-order valence-corrected chi connectivity index (χ3v) is 4.95. The van der Waals surface area contributed by atoms with Crippen LogP contribution in [-0.2, 0) is 4.79 Å². The SMILES string of the molecule is Cc1ccc(C(=O)N2CCC(C(=O)Nc3ccc(OC(C)C)cc3)CC2)cc1. The van der Waals surface area contributed by atoms with E-state index in [1.807, 2.05) is 74.2 Å². The molecule has 1 fully saturated rings. The summed E-state index contributed by atoms with van der Waals surface area (Å²) in [5.74, 6) is 0.768. The van der Waals surface area contributed by atoms with Crippen molar-refractivity contribution >= 4 is 17.5 Å². The van der Waals surface area contributed by atoms with E-state index in [4.69, 9.17) is 4.74 Å². The summed E-state index contributed by atoms with van der Waals surface area (Å²) < 4.78 is 5.62. The van der Waals surface area contributed by atoms with Crippen LogP contribution in [0.1, 0.15) is 42.6 Å². The quantitative estimate of drug-likeness (QED) is 0.843. The van der Waals surface area contributed by atoms with Gasteiger partial charge in [0.15, 0.2) is 0 Å². The van der Waals surface area contributed by atoms with Crippen molar-refractivity contribution in [2.45, 2.75) is 39.7 Å². The molecule has 1 N–H and O–H groups in total. The summed E-state index contributed by atoms with van der Waals surface area (Å²) >= 11 is 0. The van der Waals surface area contributed by atoms with Crippen molar-refractivity contribution in [3.05, 3.63) is 59.7 Å². The maximum absolute atomic E-state index is 12.6. The van der Waals surface area contributed by atoms with Gasteiger partial charge in [0, 0.05) is 30.3 Å². The molecule has 0 aliphatic carbocycles. The molecule has 0 radical (unpaired) electrons. The fraction of sp³-hybridized carbons (Fsp3) is 0.391. The van der Waals surface area contributed by atoms with Crippen molar-refractivity contribution in [3.63, 3.8) is 0 Å². The molecule has 1 aliphatic heterocycles. The Morgan fingerprint density at radius 2 is 1.61 bits per heavy atom. The number of aryl methyl sites for hydroxylation is 1. The molecule has 1 aliphatic rings. The Hall–Kier alpha value is -2.82. The van der Waals surface area contributed by atoms with E-state index in [1.54, 1.807) is 0 Å². The number of likely N-dealkylation sites (tertiary alicyclic amines) is 1. The monoisotopic (exact) mass is 380 g/mol. The number of amides is 2. The second kappa shape index (κ2) is 8.91. The maximum Gasteiger partial charge on any atom is 0.253 e. The third kappa shape index (κ3) is 5.12. The van der Waals surface area contributed by atoms with Gasteiger partial charge in [-0.3, -0.25) is 9.59 Å². The number of piperidine rings is 1. The minimum Gasteiger partial charge on any atom is -0.491 e. The van der Waals surface area contributed by atoms with Crippen LogP contribution < -0.4 is 10.1 Å². The fourth-order valence-electron chi connectivity index (χ4n) is 3.36. The highest BCUT2D eigenvalue weighted by molar-refractivity contribution is 5.95. The van der Waals surface area contributed by atoms with Crippen LogP contribution in [0.15, 0.2) is 48.5 Å². The normalized spacial score (nSPS) is 14.8. The predicted molar refractivity (Wildman–Crippen MR) is 111 cm³/mol. The van der Waals surface area contributed by atoms with Crippen molar-refractivity contribution in [1.82, 2.24) is 4.90 Å². The molecule has 0 bridgehead atoms. The fourth-order valence-corrected chi connectivity index (χ4v) is 3.36. The van der Waals surface area contributed by atoms with Gasteiger partial charge in [-0.25, -0.2) is 0 Å².